The summed E-state index contributed by atoms with van der Waals surface area (Å²) in [6.07, 6.45) is 2.27. The highest BCUT2D eigenvalue weighted by atomic mass is 79.9. The van der Waals surface area contributed by atoms with Crippen molar-refractivity contribution in [1.29, 1.82) is 0 Å². The number of nitrogens with zero attached hydrogens (tertiary/aromatic N) is 1. The first kappa shape index (κ1) is 17.0. The van der Waals surface area contributed by atoms with Gasteiger partial charge < -0.3 is 9.84 Å². The molecule has 2 N–H and O–H groups in total. The number of benzene rings is 1. The van der Waals surface area contributed by atoms with Crippen LogP contribution in [0, 0.1) is 5.82 Å². The molecule has 2 saturated heterocycles. The van der Waals surface area contributed by atoms with E-state index in [4.69, 9.17) is 4.74 Å². The maximum absolute atomic E-state index is 13.3. The normalized spacial score (nSPS) is 25.4. The first-order valence-electron chi connectivity index (χ1n) is 7.82. The second kappa shape index (κ2) is 6.58. The summed E-state index contributed by atoms with van der Waals surface area (Å²) in [5.74, 6) is -0.477. The number of carboxylic acid groups (broad SMARTS) is 1. The van der Waals surface area contributed by atoms with Gasteiger partial charge in [-0.1, -0.05) is 0 Å². The molecule has 2 fully saturated rings. The summed E-state index contributed by atoms with van der Waals surface area (Å²) in [7, 11) is 0. The van der Waals surface area contributed by atoms with Crippen molar-refractivity contribution in [1.82, 2.24) is 4.90 Å². The Morgan fingerprint density at radius 2 is 2.21 bits per heavy atom. The van der Waals surface area contributed by atoms with E-state index in [1.165, 1.54) is 23.1 Å². The number of rotatable bonds is 3. The van der Waals surface area contributed by atoms with Crippen LogP contribution in [0.1, 0.15) is 32.1 Å². The van der Waals surface area contributed by atoms with Gasteiger partial charge in [-0.25, -0.2) is 14.0 Å². The molecule has 0 aromatic heterocycles. The van der Waals surface area contributed by atoms with Crippen molar-refractivity contribution in [3.05, 3.63) is 28.5 Å². The zero-order valence-corrected chi connectivity index (χ0v) is 14.5. The zero-order valence-electron chi connectivity index (χ0n) is 12.9. The van der Waals surface area contributed by atoms with Crippen molar-refractivity contribution in [2.75, 3.05) is 11.9 Å². The van der Waals surface area contributed by atoms with Gasteiger partial charge in [0.05, 0.1) is 11.2 Å². The molecule has 1 aromatic carbocycles. The molecular weight excluding hydrogens is 383 g/mol. The summed E-state index contributed by atoms with van der Waals surface area (Å²) in [5.41, 5.74) is -0.369. The Kier molecular flexibility index (Phi) is 4.67. The molecule has 0 radical (unpaired) electrons. The second-order valence-corrected chi connectivity index (χ2v) is 7.14. The lowest BCUT2D eigenvalue weighted by atomic mass is 9.89. The predicted octanol–water partition coefficient (Wildman–Crippen LogP) is 4.20. The number of carbonyl (C=O) groups is 2. The smallest absolute Gasteiger partial charge is 0.411 e. The molecule has 2 aliphatic rings. The fourth-order valence-electron chi connectivity index (χ4n) is 3.77. The van der Waals surface area contributed by atoms with Gasteiger partial charge in [0.25, 0.3) is 0 Å². The maximum atomic E-state index is 13.3. The van der Waals surface area contributed by atoms with Crippen molar-refractivity contribution in [3.8, 4) is 0 Å². The summed E-state index contributed by atoms with van der Waals surface area (Å²) >= 11 is 3.22. The molecule has 24 heavy (non-hydrogen) atoms. The minimum atomic E-state index is -0.964. The molecule has 0 unspecified atom stereocenters. The summed E-state index contributed by atoms with van der Waals surface area (Å²) in [5, 5.41) is 11.9. The van der Waals surface area contributed by atoms with Crippen LogP contribution in [-0.4, -0.2) is 40.4 Å². The predicted molar refractivity (Wildman–Crippen MR) is 88.5 cm³/mol. The number of nitrogens with one attached hydrogen (secondary N) is 1. The summed E-state index contributed by atoms with van der Waals surface area (Å²) in [6.45, 7) is 0.00850. The zero-order chi connectivity index (χ0) is 17.3. The van der Waals surface area contributed by atoms with Crippen LogP contribution < -0.4 is 5.32 Å². The lowest BCUT2D eigenvalue weighted by molar-refractivity contribution is 0.0110. The number of carbonyl (C=O) groups excluding carboxylic acids is 1. The van der Waals surface area contributed by atoms with E-state index in [-0.39, 0.29) is 18.3 Å². The Bertz CT molecular complexity index is 667. The van der Waals surface area contributed by atoms with Crippen LogP contribution in [0.4, 0.5) is 19.7 Å². The number of hydrogen-bond acceptors (Lipinski definition) is 3. The molecule has 3 rings (SSSR count). The third-order valence-electron chi connectivity index (χ3n) is 4.84. The molecule has 2 bridgehead atoms. The topological polar surface area (TPSA) is 78.9 Å². The van der Waals surface area contributed by atoms with Gasteiger partial charge in [0.1, 0.15) is 12.4 Å². The molecule has 8 heteroatoms. The first-order valence-corrected chi connectivity index (χ1v) is 8.62. The Morgan fingerprint density at radius 3 is 2.96 bits per heavy atom. The number of halogens is 2. The van der Waals surface area contributed by atoms with E-state index in [1.54, 1.807) is 0 Å². The number of fused-ring (bicyclic) bond motifs is 2. The van der Waals surface area contributed by atoms with E-state index in [0.717, 1.165) is 19.3 Å². The molecule has 2 amide bonds. The van der Waals surface area contributed by atoms with Gasteiger partial charge >= 0.3 is 12.2 Å². The Labute approximate surface area is 147 Å². The highest BCUT2D eigenvalue weighted by molar-refractivity contribution is 9.10. The Balaban J connectivity index is 1.65. The maximum Gasteiger partial charge on any atom is 0.411 e. The molecule has 6 nitrogen and oxygen atoms in total. The van der Waals surface area contributed by atoms with Crippen LogP contribution in [0.25, 0.3) is 0 Å². The lowest BCUT2D eigenvalue weighted by Crippen LogP contribution is -2.55. The molecule has 130 valence electrons. The second-order valence-electron chi connectivity index (χ2n) is 6.29. The van der Waals surface area contributed by atoms with E-state index >= 15 is 0 Å². The summed E-state index contributed by atoms with van der Waals surface area (Å²) in [4.78, 5) is 25.0. The molecular formula is C16H18BrFN2O4. The van der Waals surface area contributed by atoms with Crippen LogP contribution >= 0.6 is 15.9 Å². The molecule has 0 saturated carbocycles. The fraction of sp³-hybridized carbons (Fsp3) is 0.500. The number of hydrogen-bond donors (Lipinski definition) is 2. The molecule has 0 spiro atoms. The SMILES string of the molecule is O=C(Nc1cc(F)ccc1Br)OC[C@]12CCC[C@H](CC1)N2C(=O)O. The number of anilines is 1. The van der Waals surface area contributed by atoms with E-state index in [0.29, 0.717) is 17.3 Å². The summed E-state index contributed by atoms with van der Waals surface area (Å²) < 4.78 is 19.1. The number of ether oxygens (including phenoxy) is 1. The van der Waals surface area contributed by atoms with Crippen LogP contribution in [-0.2, 0) is 4.74 Å². The molecule has 0 aliphatic carbocycles. The minimum Gasteiger partial charge on any atom is -0.465 e. The van der Waals surface area contributed by atoms with Crippen molar-refractivity contribution in [3.63, 3.8) is 0 Å². The van der Waals surface area contributed by atoms with E-state index in [1.807, 2.05) is 0 Å². The van der Waals surface area contributed by atoms with Gasteiger partial charge in [-0.3, -0.25) is 10.2 Å². The van der Waals surface area contributed by atoms with Crippen molar-refractivity contribution in [2.45, 2.75) is 43.7 Å². The van der Waals surface area contributed by atoms with Gasteiger partial charge in [0.2, 0.25) is 0 Å². The average molecular weight is 401 g/mol. The molecule has 2 atom stereocenters. The van der Waals surface area contributed by atoms with Crippen LogP contribution in [0.2, 0.25) is 0 Å². The van der Waals surface area contributed by atoms with Crippen molar-refractivity contribution >= 4 is 33.8 Å². The quantitative estimate of drug-likeness (QED) is 0.796. The Hall–Kier alpha value is -1.83. The third kappa shape index (κ3) is 3.19. The number of amides is 2. The van der Waals surface area contributed by atoms with E-state index in [9.17, 15) is 19.1 Å². The van der Waals surface area contributed by atoms with Gasteiger partial charge in [-0.2, -0.15) is 0 Å². The molecule has 2 aliphatic heterocycles. The van der Waals surface area contributed by atoms with E-state index in [2.05, 4.69) is 21.2 Å². The molecule has 1 aromatic rings. The summed E-state index contributed by atoms with van der Waals surface area (Å²) in [6, 6.07) is 3.95. The van der Waals surface area contributed by atoms with Crippen LogP contribution in [0.15, 0.2) is 22.7 Å². The largest absolute Gasteiger partial charge is 0.465 e. The third-order valence-corrected chi connectivity index (χ3v) is 5.53. The van der Waals surface area contributed by atoms with Gasteiger partial charge in [-0.15, -0.1) is 0 Å². The monoisotopic (exact) mass is 400 g/mol. The number of piperidine rings is 1. The van der Waals surface area contributed by atoms with Crippen molar-refractivity contribution in [2.24, 2.45) is 0 Å². The Morgan fingerprint density at radius 1 is 1.42 bits per heavy atom. The van der Waals surface area contributed by atoms with Crippen LogP contribution in [0.5, 0.6) is 0 Å². The minimum absolute atomic E-state index is 0.00850. The van der Waals surface area contributed by atoms with Gasteiger partial charge in [-0.05, 0) is 66.2 Å². The van der Waals surface area contributed by atoms with Gasteiger partial charge in [0.15, 0.2) is 0 Å². The molecule has 2 heterocycles. The highest BCUT2D eigenvalue weighted by Crippen LogP contribution is 2.44. The van der Waals surface area contributed by atoms with Gasteiger partial charge in [0, 0.05) is 10.5 Å². The van der Waals surface area contributed by atoms with Crippen LogP contribution in [0.3, 0.4) is 0 Å². The lowest BCUT2D eigenvalue weighted by Gasteiger charge is -2.42. The first-order chi connectivity index (χ1) is 11.4. The van der Waals surface area contributed by atoms with Crippen molar-refractivity contribution < 1.29 is 23.8 Å². The highest BCUT2D eigenvalue weighted by Gasteiger charge is 2.52. The standard InChI is InChI=1S/C16H18BrFN2O4/c17-12-4-3-10(18)8-13(12)19-14(21)24-9-16-6-1-2-11(5-7-16)20(16)15(22)23/h3-4,8,11H,1-2,5-7,9H2,(H,19,21)(H,22,23)/t11-,16+/m1/s1. The van der Waals surface area contributed by atoms with E-state index < -0.39 is 23.5 Å². The fourth-order valence-corrected chi connectivity index (χ4v) is 4.12. The average Bonchev–Trinajstić information content (AvgIpc) is 2.76.